The van der Waals surface area contributed by atoms with Crippen LogP contribution in [0.25, 0.3) is 128 Å². The van der Waals surface area contributed by atoms with Crippen LogP contribution in [0.4, 0.5) is 0 Å². The first-order valence-corrected chi connectivity index (χ1v) is 21.0. The number of oxazole rings is 1. The molecule has 0 saturated heterocycles. The minimum Gasteiger partial charge on any atom is -0.456 e. The lowest BCUT2D eigenvalue weighted by molar-refractivity contribution is 0.623. The molecule has 0 aliphatic rings. The average Bonchev–Trinajstić information content (AvgIpc) is 4.06. The number of aromatic nitrogens is 5. The van der Waals surface area contributed by atoms with Gasteiger partial charge in [-0.25, -0.2) is 19.9 Å². The van der Waals surface area contributed by atoms with Gasteiger partial charge in [0.25, 0.3) is 0 Å². The highest BCUT2D eigenvalue weighted by Crippen LogP contribution is 2.43. The molecule has 0 saturated carbocycles. The minimum absolute atomic E-state index is 0.542. The molecule has 4 heterocycles. The van der Waals surface area contributed by atoms with Crippen LogP contribution in [0.1, 0.15) is 0 Å². The van der Waals surface area contributed by atoms with E-state index in [1.165, 1.54) is 10.8 Å². The van der Waals surface area contributed by atoms with Gasteiger partial charge in [0.05, 0.1) is 11.0 Å². The third kappa shape index (κ3) is 5.67. The number of furan rings is 1. The summed E-state index contributed by atoms with van der Waals surface area (Å²) in [6.45, 7) is 0. The Morgan fingerprint density at radius 3 is 1.71 bits per heavy atom. The van der Waals surface area contributed by atoms with Gasteiger partial charge in [-0.3, -0.25) is 0 Å². The third-order valence-electron chi connectivity index (χ3n) is 12.1. The number of hydrogen-bond donors (Lipinski definition) is 0. The first-order chi connectivity index (χ1) is 31.2. The highest BCUT2D eigenvalue weighted by molar-refractivity contribution is 6.16. The van der Waals surface area contributed by atoms with E-state index in [0.717, 1.165) is 93.9 Å². The van der Waals surface area contributed by atoms with Crippen molar-refractivity contribution in [3.05, 3.63) is 200 Å². The summed E-state index contributed by atoms with van der Waals surface area (Å²) < 4.78 is 15.6. The Balaban J connectivity index is 1.02. The topological polar surface area (TPSA) is 82.8 Å². The monoisotopic (exact) mass is 807 g/mol. The highest BCUT2D eigenvalue weighted by atomic mass is 16.3. The predicted molar refractivity (Wildman–Crippen MR) is 254 cm³/mol. The lowest BCUT2D eigenvalue weighted by Crippen LogP contribution is -2.01. The second-order valence-corrected chi connectivity index (χ2v) is 15.8. The summed E-state index contributed by atoms with van der Waals surface area (Å²) in [7, 11) is 0. The Bertz CT molecular complexity index is 3850. The van der Waals surface area contributed by atoms with Gasteiger partial charge in [-0.1, -0.05) is 127 Å². The summed E-state index contributed by atoms with van der Waals surface area (Å²) in [5.41, 5.74) is 11.8. The van der Waals surface area contributed by atoms with Crippen LogP contribution in [0.5, 0.6) is 0 Å². The fourth-order valence-electron chi connectivity index (χ4n) is 9.19. The summed E-state index contributed by atoms with van der Waals surface area (Å²) in [6.07, 6.45) is 0. The Morgan fingerprint density at radius 2 is 0.984 bits per heavy atom. The molecule has 294 valence electrons. The largest absolute Gasteiger partial charge is 0.456 e. The number of nitrogens with zero attached hydrogens (tertiary/aromatic N) is 5. The number of benzene rings is 9. The number of hydrogen-bond acceptors (Lipinski definition) is 6. The van der Waals surface area contributed by atoms with Crippen molar-refractivity contribution < 1.29 is 8.83 Å². The van der Waals surface area contributed by atoms with Gasteiger partial charge in [-0.15, -0.1) is 0 Å². The molecular weight excluding hydrogens is 775 g/mol. The molecule has 13 aromatic rings. The van der Waals surface area contributed by atoms with E-state index in [1.54, 1.807) is 0 Å². The number of rotatable bonds is 6. The molecule has 0 fully saturated rings. The SMILES string of the molecule is c1ccc(-c2nc(-c3ccc(-n4c5ccccc5c5ccccc54)cc3)nc(-c3cc(-c4cccc5ccc6nc(-c7ccccc7)oc6c45)cc4oc5ccccc5c34)n2)cc1. The number of para-hydroxylation sites is 3. The van der Waals surface area contributed by atoms with Gasteiger partial charge in [-0.05, 0) is 89.3 Å². The molecule has 4 aromatic heterocycles. The fraction of sp³-hybridized carbons (Fsp3) is 0. The summed E-state index contributed by atoms with van der Waals surface area (Å²) in [5.74, 6) is 2.27. The van der Waals surface area contributed by atoms with E-state index in [-0.39, 0.29) is 0 Å². The second-order valence-electron chi connectivity index (χ2n) is 15.8. The van der Waals surface area contributed by atoms with Crippen molar-refractivity contribution in [3.63, 3.8) is 0 Å². The van der Waals surface area contributed by atoms with E-state index in [4.69, 9.17) is 28.8 Å². The van der Waals surface area contributed by atoms with Crippen molar-refractivity contribution in [2.24, 2.45) is 0 Å². The van der Waals surface area contributed by atoms with Crippen LogP contribution >= 0.6 is 0 Å². The van der Waals surface area contributed by atoms with Crippen LogP contribution < -0.4 is 0 Å². The zero-order chi connectivity index (χ0) is 41.4. The standard InChI is InChI=1S/C56H33N5O2/c1-3-14-35(15-4-1)53-58-54(36-26-29-39(30-27-36)61-46-23-10-7-19-41(46)42-20-8-11-24-47(42)61)60-55(59-53)44-32-38(33-49-51(44)43-21-9-12-25-48(43)62-49)40-22-13-18-34-28-31-45-52(50(34)40)63-56(57-45)37-16-5-2-6-17-37/h1-33H. The maximum absolute atomic E-state index is 6.67. The molecule has 9 aromatic carbocycles. The van der Waals surface area contributed by atoms with Crippen molar-refractivity contribution >= 4 is 65.6 Å². The Kier molecular flexibility index (Phi) is 7.77. The minimum atomic E-state index is 0.542. The molecule has 13 rings (SSSR count). The van der Waals surface area contributed by atoms with Crippen molar-refractivity contribution in [3.8, 4) is 62.4 Å². The predicted octanol–water partition coefficient (Wildman–Crippen LogP) is 14.5. The Hall–Kier alpha value is -8.68. The third-order valence-corrected chi connectivity index (χ3v) is 12.1. The molecular formula is C56H33N5O2. The summed E-state index contributed by atoms with van der Waals surface area (Å²) in [5, 5.41) is 6.37. The molecule has 0 radical (unpaired) electrons. The first-order valence-electron chi connectivity index (χ1n) is 21.0. The van der Waals surface area contributed by atoms with E-state index in [2.05, 4.69) is 120 Å². The maximum atomic E-state index is 6.67. The van der Waals surface area contributed by atoms with E-state index in [9.17, 15) is 0 Å². The van der Waals surface area contributed by atoms with Gasteiger partial charge in [-0.2, -0.15) is 0 Å². The fourth-order valence-corrected chi connectivity index (χ4v) is 9.19. The first kappa shape index (κ1) is 35.1. The van der Waals surface area contributed by atoms with Gasteiger partial charge in [0.15, 0.2) is 23.1 Å². The van der Waals surface area contributed by atoms with Crippen molar-refractivity contribution in [1.29, 1.82) is 0 Å². The normalized spacial score (nSPS) is 11.8. The second kappa shape index (κ2) is 13.9. The Morgan fingerprint density at radius 1 is 0.365 bits per heavy atom. The Labute approximate surface area is 360 Å². The zero-order valence-electron chi connectivity index (χ0n) is 33.6. The lowest BCUT2D eigenvalue weighted by atomic mass is 9.94. The van der Waals surface area contributed by atoms with E-state index in [1.807, 2.05) is 84.9 Å². The summed E-state index contributed by atoms with van der Waals surface area (Å²) in [6, 6.07) is 68.6. The van der Waals surface area contributed by atoms with E-state index >= 15 is 0 Å². The maximum Gasteiger partial charge on any atom is 0.227 e. The molecule has 0 spiro atoms. The molecule has 0 aliphatic carbocycles. The zero-order valence-corrected chi connectivity index (χ0v) is 33.6. The summed E-state index contributed by atoms with van der Waals surface area (Å²) in [4.78, 5) is 20.6. The molecule has 0 aliphatic heterocycles. The van der Waals surface area contributed by atoms with Crippen LogP contribution in [0.2, 0.25) is 0 Å². The summed E-state index contributed by atoms with van der Waals surface area (Å²) >= 11 is 0. The van der Waals surface area contributed by atoms with Gasteiger partial charge >= 0.3 is 0 Å². The molecule has 0 amide bonds. The van der Waals surface area contributed by atoms with Crippen LogP contribution in [-0.2, 0) is 0 Å². The smallest absolute Gasteiger partial charge is 0.227 e. The van der Waals surface area contributed by atoms with Gasteiger partial charge in [0.2, 0.25) is 5.89 Å². The van der Waals surface area contributed by atoms with Crippen LogP contribution in [0.3, 0.4) is 0 Å². The molecule has 7 heteroatoms. The quantitative estimate of drug-likeness (QED) is 0.166. The highest BCUT2D eigenvalue weighted by Gasteiger charge is 2.22. The van der Waals surface area contributed by atoms with Gasteiger partial charge < -0.3 is 13.4 Å². The van der Waals surface area contributed by atoms with Crippen molar-refractivity contribution in [2.45, 2.75) is 0 Å². The molecule has 0 N–H and O–H groups in total. The van der Waals surface area contributed by atoms with Crippen LogP contribution in [0.15, 0.2) is 209 Å². The molecule has 0 unspecified atom stereocenters. The average molecular weight is 808 g/mol. The van der Waals surface area contributed by atoms with Crippen LogP contribution in [-0.4, -0.2) is 24.5 Å². The lowest BCUT2D eigenvalue weighted by Gasteiger charge is -2.13. The molecule has 0 bridgehead atoms. The molecule has 0 atom stereocenters. The number of fused-ring (bicyclic) bond motifs is 9. The van der Waals surface area contributed by atoms with Crippen molar-refractivity contribution in [1.82, 2.24) is 24.5 Å². The van der Waals surface area contributed by atoms with E-state index < -0.39 is 0 Å². The molecule has 7 nitrogen and oxygen atoms in total. The van der Waals surface area contributed by atoms with Crippen LogP contribution in [0, 0.1) is 0 Å². The van der Waals surface area contributed by atoms with E-state index in [0.29, 0.717) is 23.4 Å². The van der Waals surface area contributed by atoms with Gasteiger partial charge in [0.1, 0.15) is 16.7 Å². The molecule has 63 heavy (non-hydrogen) atoms. The van der Waals surface area contributed by atoms with Gasteiger partial charge in [0, 0.05) is 54.9 Å². The van der Waals surface area contributed by atoms with Crippen molar-refractivity contribution in [2.75, 3.05) is 0 Å².